The molecule has 1 aliphatic rings. The molecule has 0 saturated carbocycles. The monoisotopic (exact) mass is 374 g/mol. The minimum absolute atomic E-state index is 0.132. The summed E-state index contributed by atoms with van der Waals surface area (Å²) in [5.41, 5.74) is 0.484. The highest BCUT2D eigenvalue weighted by Crippen LogP contribution is 2.12. The van der Waals surface area contributed by atoms with Crippen molar-refractivity contribution in [3.63, 3.8) is 0 Å². The smallest absolute Gasteiger partial charge is 0.407 e. The summed E-state index contributed by atoms with van der Waals surface area (Å²) in [6.07, 6.45) is 4.56. The topological polar surface area (TPSA) is 67.9 Å². The van der Waals surface area contributed by atoms with Gasteiger partial charge < -0.3 is 14.8 Å². The van der Waals surface area contributed by atoms with Crippen molar-refractivity contribution < 1.29 is 19.1 Å². The molecule has 1 N–H and O–H groups in total. The van der Waals surface area contributed by atoms with Crippen molar-refractivity contribution in [1.82, 2.24) is 10.2 Å². The van der Waals surface area contributed by atoms with Crippen LogP contribution in [0.15, 0.2) is 36.4 Å². The molecule has 1 saturated heterocycles. The van der Waals surface area contributed by atoms with E-state index in [1.54, 1.807) is 6.08 Å². The molecule has 27 heavy (non-hydrogen) atoms. The first-order valence-corrected chi connectivity index (χ1v) is 9.43. The number of likely N-dealkylation sites (tertiary alicyclic amines) is 1. The Labute approximate surface area is 161 Å². The molecule has 1 heterocycles. The minimum atomic E-state index is -0.483. The zero-order valence-corrected chi connectivity index (χ0v) is 16.4. The fraction of sp³-hybridized carbons (Fsp3) is 0.524. The summed E-state index contributed by atoms with van der Waals surface area (Å²) in [6.45, 7) is 8.34. The van der Waals surface area contributed by atoms with Gasteiger partial charge in [-0.05, 0) is 45.3 Å². The summed E-state index contributed by atoms with van der Waals surface area (Å²) < 4.78 is 10.5. The molecule has 0 spiro atoms. The molecule has 1 fully saturated rings. The number of nitrogens with zero attached hydrogens (tertiary/aromatic N) is 1. The predicted octanol–water partition coefficient (Wildman–Crippen LogP) is 3.23. The van der Waals surface area contributed by atoms with Crippen LogP contribution in [-0.4, -0.2) is 54.8 Å². The Morgan fingerprint density at radius 1 is 1.19 bits per heavy atom. The number of alkyl carbamates (subject to hydrolysis) is 1. The molecular formula is C21H30N2O4. The Bertz CT molecular complexity index is 629. The first-order valence-electron chi connectivity index (χ1n) is 9.43. The van der Waals surface area contributed by atoms with Crippen LogP contribution in [0.25, 0.3) is 6.08 Å². The van der Waals surface area contributed by atoms with Crippen molar-refractivity contribution in [1.29, 1.82) is 0 Å². The fourth-order valence-corrected chi connectivity index (χ4v) is 2.83. The molecule has 6 nitrogen and oxygen atoms in total. The van der Waals surface area contributed by atoms with E-state index in [1.807, 2.05) is 51.1 Å². The number of hydrogen-bond acceptors (Lipinski definition) is 5. The summed E-state index contributed by atoms with van der Waals surface area (Å²) in [4.78, 5) is 25.8. The highest BCUT2D eigenvalue weighted by Gasteiger charge is 2.23. The van der Waals surface area contributed by atoms with Crippen molar-refractivity contribution in [2.24, 2.45) is 0 Å². The summed E-state index contributed by atoms with van der Waals surface area (Å²) in [6, 6.07) is 9.77. The van der Waals surface area contributed by atoms with Gasteiger partial charge in [-0.1, -0.05) is 30.3 Å². The lowest BCUT2D eigenvalue weighted by Crippen LogP contribution is -2.46. The molecular weight excluding hydrogens is 344 g/mol. The van der Waals surface area contributed by atoms with E-state index in [9.17, 15) is 9.59 Å². The number of carbonyl (C=O) groups is 2. The van der Waals surface area contributed by atoms with Crippen LogP contribution >= 0.6 is 0 Å². The Balaban J connectivity index is 1.60. The lowest BCUT2D eigenvalue weighted by molar-refractivity contribution is -0.138. The quantitative estimate of drug-likeness (QED) is 0.612. The highest BCUT2D eigenvalue weighted by molar-refractivity contribution is 5.87. The molecule has 2 rings (SSSR count). The first kappa shape index (κ1) is 21.0. The number of hydrogen-bond donors (Lipinski definition) is 1. The van der Waals surface area contributed by atoms with Gasteiger partial charge in [-0.25, -0.2) is 9.59 Å². The second-order valence-corrected chi connectivity index (χ2v) is 7.67. The average molecular weight is 374 g/mol. The van der Waals surface area contributed by atoms with Gasteiger partial charge in [0.1, 0.15) is 12.2 Å². The third-order valence-corrected chi connectivity index (χ3v) is 4.17. The van der Waals surface area contributed by atoms with Crippen LogP contribution in [0.2, 0.25) is 0 Å². The van der Waals surface area contributed by atoms with E-state index in [4.69, 9.17) is 9.47 Å². The van der Waals surface area contributed by atoms with Gasteiger partial charge in [0.15, 0.2) is 0 Å². The standard InChI is InChI=1S/C21H30N2O4/c1-21(2,3)27-20(25)22-18-11-13-23(14-12-18)15-16-26-19(24)10-9-17-7-5-4-6-8-17/h4-10,18H,11-16H2,1-3H3,(H,22,25)/b10-9+. The Morgan fingerprint density at radius 3 is 2.48 bits per heavy atom. The molecule has 0 atom stereocenters. The summed E-state index contributed by atoms with van der Waals surface area (Å²) in [5.74, 6) is -0.333. The van der Waals surface area contributed by atoms with Crippen LogP contribution in [0.4, 0.5) is 4.79 Å². The number of rotatable bonds is 6. The van der Waals surface area contributed by atoms with Gasteiger partial charge in [0, 0.05) is 31.8 Å². The number of nitrogens with one attached hydrogen (secondary N) is 1. The molecule has 0 bridgehead atoms. The van der Waals surface area contributed by atoms with E-state index in [2.05, 4.69) is 10.2 Å². The predicted molar refractivity (Wildman–Crippen MR) is 105 cm³/mol. The molecule has 1 aromatic rings. The SMILES string of the molecule is CC(C)(C)OC(=O)NC1CCN(CCOC(=O)/C=C/c2ccccc2)CC1. The fourth-order valence-electron chi connectivity index (χ4n) is 2.83. The van der Waals surface area contributed by atoms with Gasteiger partial charge in [0.2, 0.25) is 0 Å². The Morgan fingerprint density at radius 2 is 1.85 bits per heavy atom. The lowest BCUT2D eigenvalue weighted by atomic mass is 10.1. The van der Waals surface area contributed by atoms with Gasteiger partial charge >= 0.3 is 12.1 Å². The molecule has 1 amide bonds. The van der Waals surface area contributed by atoms with Crippen molar-refractivity contribution in [2.75, 3.05) is 26.2 Å². The van der Waals surface area contributed by atoms with E-state index in [0.29, 0.717) is 13.2 Å². The first-order chi connectivity index (χ1) is 12.8. The van der Waals surface area contributed by atoms with Crippen LogP contribution < -0.4 is 5.32 Å². The zero-order chi connectivity index (χ0) is 19.7. The maximum Gasteiger partial charge on any atom is 0.407 e. The maximum absolute atomic E-state index is 11.8. The number of ether oxygens (including phenoxy) is 2. The van der Waals surface area contributed by atoms with Crippen LogP contribution in [0.1, 0.15) is 39.2 Å². The van der Waals surface area contributed by atoms with Gasteiger partial charge in [-0.2, -0.15) is 0 Å². The summed E-state index contributed by atoms with van der Waals surface area (Å²) >= 11 is 0. The lowest BCUT2D eigenvalue weighted by Gasteiger charge is -2.32. The second kappa shape index (κ2) is 10.1. The molecule has 0 aliphatic carbocycles. The number of benzene rings is 1. The largest absolute Gasteiger partial charge is 0.461 e. The van der Waals surface area contributed by atoms with Crippen LogP contribution in [0.3, 0.4) is 0 Å². The van der Waals surface area contributed by atoms with Crippen LogP contribution in [0.5, 0.6) is 0 Å². The Kier molecular flexibility index (Phi) is 7.85. The van der Waals surface area contributed by atoms with Crippen molar-refractivity contribution in [3.05, 3.63) is 42.0 Å². The van der Waals surface area contributed by atoms with E-state index >= 15 is 0 Å². The number of carbonyl (C=O) groups excluding carboxylic acids is 2. The van der Waals surface area contributed by atoms with Crippen LogP contribution in [-0.2, 0) is 14.3 Å². The zero-order valence-electron chi connectivity index (χ0n) is 16.4. The number of esters is 1. The summed E-state index contributed by atoms with van der Waals surface area (Å²) in [5, 5.41) is 2.92. The molecule has 1 aromatic carbocycles. The van der Waals surface area contributed by atoms with Crippen molar-refractivity contribution >= 4 is 18.1 Å². The van der Waals surface area contributed by atoms with Gasteiger partial charge in [-0.15, -0.1) is 0 Å². The number of amides is 1. The molecule has 148 valence electrons. The Hall–Kier alpha value is -2.34. The molecule has 0 radical (unpaired) electrons. The molecule has 0 unspecified atom stereocenters. The third kappa shape index (κ3) is 8.73. The molecule has 0 aromatic heterocycles. The maximum atomic E-state index is 11.8. The van der Waals surface area contributed by atoms with Crippen molar-refractivity contribution in [2.45, 2.75) is 45.3 Å². The van der Waals surface area contributed by atoms with Gasteiger partial charge in [0.25, 0.3) is 0 Å². The minimum Gasteiger partial charge on any atom is -0.461 e. The third-order valence-electron chi connectivity index (χ3n) is 4.17. The number of piperidine rings is 1. The van der Waals surface area contributed by atoms with Gasteiger partial charge in [-0.3, -0.25) is 4.90 Å². The normalized spacial score (nSPS) is 16.3. The van der Waals surface area contributed by atoms with E-state index < -0.39 is 5.60 Å². The van der Waals surface area contributed by atoms with E-state index in [0.717, 1.165) is 31.5 Å². The molecule has 6 heteroatoms. The highest BCUT2D eigenvalue weighted by atomic mass is 16.6. The van der Waals surface area contributed by atoms with Gasteiger partial charge in [0.05, 0.1) is 0 Å². The van der Waals surface area contributed by atoms with E-state index in [1.165, 1.54) is 6.08 Å². The molecule has 1 aliphatic heterocycles. The summed E-state index contributed by atoms with van der Waals surface area (Å²) in [7, 11) is 0. The average Bonchev–Trinajstić information content (AvgIpc) is 2.61. The van der Waals surface area contributed by atoms with Crippen molar-refractivity contribution in [3.8, 4) is 0 Å². The second-order valence-electron chi connectivity index (χ2n) is 7.67. The van der Waals surface area contributed by atoms with E-state index in [-0.39, 0.29) is 18.1 Å². The van der Waals surface area contributed by atoms with Crippen LogP contribution in [0, 0.1) is 0 Å².